The van der Waals surface area contributed by atoms with Crippen LogP contribution in [0.1, 0.15) is 16.7 Å². The Hall–Kier alpha value is -2.43. The second-order valence-electron chi connectivity index (χ2n) is 5.45. The number of rotatable bonds is 3. The molecule has 2 aromatic carbocycles. The Morgan fingerprint density at radius 3 is 2.57 bits per heavy atom. The van der Waals surface area contributed by atoms with Crippen molar-refractivity contribution in [2.45, 2.75) is 18.9 Å². The summed E-state index contributed by atoms with van der Waals surface area (Å²) in [6.45, 7) is 0.0330. The first-order valence-corrected chi connectivity index (χ1v) is 7.53. The average Bonchev–Trinajstić information content (AvgIpc) is 2.56. The predicted molar refractivity (Wildman–Crippen MR) is 82.2 cm³/mol. The SMILES string of the molecule is O=C(OCCc1ccccc1)N1CCc2ccccc2C1(F)F. The molecule has 5 heteroatoms. The first-order chi connectivity index (χ1) is 11.1. The van der Waals surface area contributed by atoms with Gasteiger partial charge in [0.05, 0.1) is 6.61 Å². The van der Waals surface area contributed by atoms with E-state index in [0.29, 0.717) is 23.3 Å². The van der Waals surface area contributed by atoms with Gasteiger partial charge in [0.2, 0.25) is 0 Å². The van der Waals surface area contributed by atoms with Gasteiger partial charge in [-0.3, -0.25) is 0 Å². The number of hydrogen-bond acceptors (Lipinski definition) is 2. The Balaban J connectivity index is 1.64. The molecule has 0 bridgehead atoms. The fourth-order valence-corrected chi connectivity index (χ4v) is 2.73. The number of nitrogens with zero attached hydrogens (tertiary/aromatic N) is 1. The number of amides is 1. The summed E-state index contributed by atoms with van der Waals surface area (Å²) in [6, 6.07) is 12.4. The molecule has 1 aliphatic rings. The van der Waals surface area contributed by atoms with Crippen molar-refractivity contribution in [2.75, 3.05) is 13.2 Å². The van der Waals surface area contributed by atoms with Crippen LogP contribution in [0.5, 0.6) is 0 Å². The number of carbonyl (C=O) groups is 1. The van der Waals surface area contributed by atoms with Crippen LogP contribution in [0.4, 0.5) is 13.6 Å². The topological polar surface area (TPSA) is 29.5 Å². The van der Waals surface area contributed by atoms with Crippen molar-refractivity contribution in [1.29, 1.82) is 0 Å². The van der Waals surface area contributed by atoms with Gasteiger partial charge < -0.3 is 4.74 Å². The number of fused-ring (bicyclic) bond motifs is 1. The Labute approximate surface area is 133 Å². The van der Waals surface area contributed by atoms with E-state index in [9.17, 15) is 13.6 Å². The molecule has 0 saturated carbocycles. The minimum atomic E-state index is -3.33. The van der Waals surface area contributed by atoms with Crippen LogP contribution in [0.25, 0.3) is 0 Å². The Kier molecular flexibility index (Phi) is 4.28. The van der Waals surface area contributed by atoms with Gasteiger partial charge >= 0.3 is 12.1 Å². The molecule has 23 heavy (non-hydrogen) atoms. The molecule has 2 aromatic rings. The minimum Gasteiger partial charge on any atom is -0.449 e. The fourth-order valence-electron chi connectivity index (χ4n) is 2.73. The van der Waals surface area contributed by atoms with Crippen LogP contribution < -0.4 is 0 Å². The highest BCUT2D eigenvalue weighted by Gasteiger charge is 2.47. The van der Waals surface area contributed by atoms with Crippen molar-refractivity contribution in [1.82, 2.24) is 4.90 Å². The smallest absolute Gasteiger partial charge is 0.414 e. The molecule has 1 heterocycles. The Bertz CT molecular complexity index is 688. The first kappa shape index (κ1) is 15.5. The van der Waals surface area contributed by atoms with E-state index in [-0.39, 0.29) is 18.7 Å². The molecule has 1 amide bonds. The van der Waals surface area contributed by atoms with Crippen LogP contribution in [0.3, 0.4) is 0 Å². The molecule has 3 rings (SSSR count). The molecule has 0 spiro atoms. The highest BCUT2D eigenvalue weighted by Crippen LogP contribution is 2.38. The standard InChI is InChI=1S/C18H17F2NO2/c19-18(20)16-9-5-4-8-15(16)10-12-21(18)17(22)23-13-11-14-6-2-1-3-7-14/h1-9H,10-13H2. The van der Waals surface area contributed by atoms with E-state index in [0.717, 1.165) is 5.56 Å². The zero-order valence-corrected chi connectivity index (χ0v) is 12.5. The highest BCUT2D eigenvalue weighted by atomic mass is 19.3. The van der Waals surface area contributed by atoms with Crippen molar-refractivity contribution in [3.05, 3.63) is 71.3 Å². The zero-order chi connectivity index (χ0) is 16.3. The van der Waals surface area contributed by atoms with Crippen LogP contribution in [0.15, 0.2) is 54.6 Å². The predicted octanol–water partition coefficient (Wildman–Crippen LogP) is 3.97. The van der Waals surface area contributed by atoms with Gasteiger partial charge in [0.15, 0.2) is 0 Å². The highest BCUT2D eigenvalue weighted by molar-refractivity contribution is 5.69. The summed E-state index contributed by atoms with van der Waals surface area (Å²) in [5, 5.41) is 0. The summed E-state index contributed by atoms with van der Waals surface area (Å²) in [7, 11) is 0. The van der Waals surface area contributed by atoms with Gasteiger partial charge in [-0.25, -0.2) is 9.69 Å². The van der Waals surface area contributed by atoms with Crippen LogP contribution in [-0.2, 0) is 23.6 Å². The normalized spacial score (nSPS) is 15.8. The monoisotopic (exact) mass is 317 g/mol. The number of alkyl halides is 2. The molecule has 0 aromatic heterocycles. The third-order valence-corrected chi connectivity index (χ3v) is 3.96. The van der Waals surface area contributed by atoms with Gasteiger partial charge in [0.1, 0.15) is 0 Å². The van der Waals surface area contributed by atoms with Crippen LogP contribution >= 0.6 is 0 Å². The third-order valence-electron chi connectivity index (χ3n) is 3.96. The van der Waals surface area contributed by atoms with Gasteiger partial charge in [-0.15, -0.1) is 0 Å². The van der Waals surface area contributed by atoms with Crippen molar-refractivity contribution in [3.8, 4) is 0 Å². The van der Waals surface area contributed by atoms with Crippen LogP contribution in [0.2, 0.25) is 0 Å². The summed E-state index contributed by atoms with van der Waals surface area (Å²) < 4.78 is 34.0. The largest absolute Gasteiger partial charge is 0.449 e. The van der Waals surface area contributed by atoms with Crippen LogP contribution in [-0.4, -0.2) is 24.1 Å². The zero-order valence-electron chi connectivity index (χ0n) is 12.5. The molecule has 0 unspecified atom stereocenters. The fraction of sp³-hybridized carbons (Fsp3) is 0.278. The maximum Gasteiger partial charge on any atom is 0.414 e. The number of halogens is 2. The molecule has 0 fully saturated rings. The molecule has 3 nitrogen and oxygen atoms in total. The molecule has 1 aliphatic heterocycles. The van der Waals surface area contributed by atoms with E-state index in [4.69, 9.17) is 4.74 Å². The average molecular weight is 317 g/mol. The molecule has 120 valence electrons. The van der Waals surface area contributed by atoms with Crippen molar-refractivity contribution < 1.29 is 18.3 Å². The van der Waals surface area contributed by atoms with Crippen molar-refractivity contribution in [3.63, 3.8) is 0 Å². The van der Waals surface area contributed by atoms with E-state index in [1.807, 2.05) is 30.3 Å². The number of hydrogen-bond donors (Lipinski definition) is 0. The lowest BCUT2D eigenvalue weighted by molar-refractivity contribution is -0.145. The number of benzene rings is 2. The third kappa shape index (κ3) is 3.18. The molecule has 0 aliphatic carbocycles. The van der Waals surface area contributed by atoms with E-state index in [2.05, 4.69) is 0 Å². The number of ether oxygens (including phenoxy) is 1. The summed E-state index contributed by atoms with van der Waals surface area (Å²) >= 11 is 0. The second kappa shape index (κ2) is 6.36. The molecule has 0 saturated heterocycles. The maximum atomic E-state index is 14.5. The Morgan fingerprint density at radius 2 is 1.78 bits per heavy atom. The second-order valence-corrected chi connectivity index (χ2v) is 5.45. The molecule has 0 atom stereocenters. The van der Waals surface area contributed by atoms with Gasteiger partial charge in [0.25, 0.3) is 0 Å². The van der Waals surface area contributed by atoms with Crippen molar-refractivity contribution in [2.24, 2.45) is 0 Å². The van der Waals surface area contributed by atoms with Crippen LogP contribution in [0, 0.1) is 0 Å². The lowest BCUT2D eigenvalue weighted by atomic mass is 9.98. The lowest BCUT2D eigenvalue weighted by Crippen LogP contribution is -2.48. The van der Waals surface area contributed by atoms with Gasteiger partial charge in [0, 0.05) is 18.5 Å². The molecule has 0 radical (unpaired) electrons. The maximum absolute atomic E-state index is 14.5. The molecular weight excluding hydrogens is 300 g/mol. The quantitative estimate of drug-likeness (QED) is 0.802. The summed E-state index contributed by atoms with van der Waals surface area (Å²) in [4.78, 5) is 12.6. The molecule has 0 N–H and O–H groups in total. The lowest BCUT2D eigenvalue weighted by Gasteiger charge is -2.35. The minimum absolute atomic E-state index is 0.0474. The van der Waals surface area contributed by atoms with Crippen molar-refractivity contribution >= 4 is 6.09 Å². The summed E-state index contributed by atoms with van der Waals surface area (Å²) in [5.74, 6) is 0. The Morgan fingerprint density at radius 1 is 1.09 bits per heavy atom. The van der Waals surface area contributed by atoms with E-state index in [1.54, 1.807) is 18.2 Å². The number of carbonyl (C=O) groups excluding carboxylic acids is 1. The van der Waals surface area contributed by atoms with E-state index >= 15 is 0 Å². The van der Waals surface area contributed by atoms with E-state index in [1.165, 1.54) is 6.07 Å². The van der Waals surface area contributed by atoms with Gasteiger partial charge in [-0.1, -0.05) is 54.6 Å². The van der Waals surface area contributed by atoms with Gasteiger partial charge in [-0.05, 0) is 17.5 Å². The van der Waals surface area contributed by atoms with E-state index < -0.39 is 12.1 Å². The molecular formula is C18H17F2NO2. The van der Waals surface area contributed by atoms with Gasteiger partial charge in [-0.2, -0.15) is 8.78 Å². The summed E-state index contributed by atoms with van der Waals surface area (Å²) in [6.07, 6.45) is -0.0669. The first-order valence-electron chi connectivity index (χ1n) is 7.53. The summed E-state index contributed by atoms with van der Waals surface area (Å²) in [5.41, 5.74) is 1.45.